The summed E-state index contributed by atoms with van der Waals surface area (Å²) in [7, 11) is 0. The van der Waals surface area contributed by atoms with Crippen molar-refractivity contribution in [2.45, 2.75) is 12.6 Å². The lowest BCUT2D eigenvalue weighted by atomic mass is 10.2. The van der Waals surface area contributed by atoms with Gasteiger partial charge in [0.2, 0.25) is 5.91 Å². The topological polar surface area (TPSA) is 95.9 Å². The molecule has 0 aliphatic carbocycles. The first-order valence-electron chi connectivity index (χ1n) is 6.04. The van der Waals surface area contributed by atoms with Crippen LogP contribution in [0.5, 0.6) is 0 Å². The summed E-state index contributed by atoms with van der Waals surface area (Å²) in [6, 6.07) is 7.99. The van der Waals surface area contributed by atoms with Crippen molar-refractivity contribution in [2.24, 2.45) is 0 Å². The van der Waals surface area contributed by atoms with E-state index in [2.05, 4.69) is 5.32 Å². The molecule has 2 N–H and O–H groups in total. The van der Waals surface area contributed by atoms with Crippen LogP contribution < -0.4 is 5.32 Å². The van der Waals surface area contributed by atoms with Crippen LogP contribution in [0.15, 0.2) is 30.3 Å². The summed E-state index contributed by atoms with van der Waals surface area (Å²) in [5.41, 5.74) is 0.817. The molecule has 106 valence electrons. The maximum atomic E-state index is 11.8. The third-order valence-corrected chi connectivity index (χ3v) is 2.83. The van der Waals surface area contributed by atoms with Gasteiger partial charge in [0, 0.05) is 0 Å². The summed E-state index contributed by atoms with van der Waals surface area (Å²) in [4.78, 5) is 35.1. The first kappa shape index (κ1) is 13.9. The van der Waals surface area contributed by atoms with Gasteiger partial charge in [0.1, 0.15) is 19.2 Å². The van der Waals surface area contributed by atoms with Gasteiger partial charge in [-0.25, -0.2) is 9.59 Å². The van der Waals surface area contributed by atoms with Crippen molar-refractivity contribution >= 4 is 18.0 Å². The van der Waals surface area contributed by atoms with E-state index in [0.717, 1.165) is 10.5 Å². The van der Waals surface area contributed by atoms with Crippen molar-refractivity contribution in [1.82, 2.24) is 10.2 Å². The Morgan fingerprint density at radius 1 is 1.35 bits per heavy atom. The molecule has 1 aliphatic rings. The molecule has 1 aromatic rings. The molecule has 2 amide bonds. The summed E-state index contributed by atoms with van der Waals surface area (Å²) in [5.74, 6) is -1.70. The standard InChI is InChI=1S/C13H14N2O5/c16-11-7-15(6-10(14-11)12(17)18)13(19)20-8-9-4-2-1-3-5-9/h1-5,10H,6-8H2,(H,14,16)(H,17,18)/t10-/m0/s1. The van der Waals surface area contributed by atoms with Gasteiger partial charge in [-0.05, 0) is 5.56 Å². The first-order chi connectivity index (χ1) is 9.56. The van der Waals surface area contributed by atoms with Crippen LogP contribution in [0.4, 0.5) is 4.79 Å². The monoisotopic (exact) mass is 278 g/mol. The third kappa shape index (κ3) is 3.47. The molecule has 0 aromatic heterocycles. The second kappa shape index (κ2) is 6.05. The van der Waals surface area contributed by atoms with E-state index in [4.69, 9.17) is 9.84 Å². The summed E-state index contributed by atoms with van der Waals surface area (Å²) in [6.45, 7) is -0.221. The number of carbonyl (C=O) groups is 3. The van der Waals surface area contributed by atoms with Gasteiger partial charge in [-0.3, -0.25) is 9.69 Å². The molecule has 7 nitrogen and oxygen atoms in total. The number of rotatable bonds is 3. The highest BCUT2D eigenvalue weighted by Crippen LogP contribution is 2.06. The quantitative estimate of drug-likeness (QED) is 0.824. The van der Waals surface area contributed by atoms with Gasteiger partial charge in [0.05, 0.1) is 6.54 Å². The molecule has 2 rings (SSSR count). The fourth-order valence-electron chi connectivity index (χ4n) is 1.83. The maximum absolute atomic E-state index is 11.8. The first-order valence-corrected chi connectivity index (χ1v) is 6.04. The van der Waals surface area contributed by atoms with E-state index in [-0.39, 0.29) is 19.7 Å². The second-order valence-electron chi connectivity index (χ2n) is 4.38. The van der Waals surface area contributed by atoms with Crippen LogP contribution in [0.1, 0.15) is 5.56 Å². The summed E-state index contributed by atoms with van der Waals surface area (Å²) in [6.07, 6.45) is -0.699. The number of amides is 2. The average Bonchev–Trinajstić information content (AvgIpc) is 2.45. The van der Waals surface area contributed by atoms with E-state index < -0.39 is 24.0 Å². The van der Waals surface area contributed by atoms with Crippen molar-refractivity contribution in [2.75, 3.05) is 13.1 Å². The Bertz CT molecular complexity index is 517. The molecule has 0 spiro atoms. The molecular formula is C13H14N2O5. The molecule has 1 aromatic carbocycles. The Morgan fingerprint density at radius 2 is 2.05 bits per heavy atom. The van der Waals surface area contributed by atoms with E-state index in [9.17, 15) is 14.4 Å². The van der Waals surface area contributed by atoms with Gasteiger partial charge >= 0.3 is 12.1 Å². The zero-order valence-electron chi connectivity index (χ0n) is 10.6. The number of carbonyl (C=O) groups excluding carboxylic acids is 2. The van der Waals surface area contributed by atoms with Gasteiger partial charge in [-0.15, -0.1) is 0 Å². The molecule has 1 atom stereocenters. The van der Waals surface area contributed by atoms with Crippen molar-refractivity contribution < 1.29 is 24.2 Å². The van der Waals surface area contributed by atoms with Crippen molar-refractivity contribution in [1.29, 1.82) is 0 Å². The lowest BCUT2D eigenvalue weighted by Gasteiger charge is -2.30. The van der Waals surface area contributed by atoms with Crippen LogP contribution in [0.25, 0.3) is 0 Å². The number of nitrogens with zero attached hydrogens (tertiary/aromatic N) is 1. The van der Waals surface area contributed by atoms with E-state index >= 15 is 0 Å². The number of carboxylic acids is 1. The molecule has 1 heterocycles. The zero-order valence-corrected chi connectivity index (χ0v) is 10.6. The normalized spacial score (nSPS) is 18.3. The summed E-state index contributed by atoms with van der Waals surface area (Å²) >= 11 is 0. The number of piperazine rings is 1. The van der Waals surface area contributed by atoms with Gasteiger partial charge in [-0.2, -0.15) is 0 Å². The Kier molecular flexibility index (Phi) is 4.19. The van der Waals surface area contributed by atoms with Crippen LogP contribution in [-0.4, -0.2) is 47.1 Å². The fraction of sp³-hybridized carbons (Fsp3) is 0.308. The Morgan fingerprint density at radius 3 is 2.70 bits per heavy atom. The molecule has 0 unspecified atom stereocenters. The number of benzene rings is 1. The lowest BCUT2D eigenvalue weighted by Crippen LogP contribution is -2.58. The van der Waals surface area contributed by atoms with Crippen LogP contribution in [0.2, 0.25) is 0 Å². The fourth-order valence-corrected chi connectivity index (χ4v) is 1.83. The van der Waals surface area contributed by atoms with E-state index in [1.54, 1.807) is 12.1 Å². The number of aliphatic carboxylic acids is 1. The van der Waals surface area contributed by atoms with E-state index in [1.807, 2.05) is 18.2 Å². The maximum Gasteiger partial charge on any atom is 0.410 e. The number of ether oxygens (including phenoxy) is 1. The van der Waals surface area contributed by atoms with Gasteiger partial charge in [-0.1, -0.05) is 30.3 Å². The zero-order chi connectivity index (χ0) is 14.5. The second-order valence-corrected chi connectivity index (χ2v) is 4.38. The lowest BCUT2D eigenvalue weighted by molar-refractivity contribution is -0.144. The molecule has 7 heteroatoms. The van der Waals surface area contributed by atoms with Crippen molar-refractivity contribution in [3.05, 3.63) is 35.9 Å². The van der Waals surface area contributed by atoms with Crippen LogP contribution in [-0.2, 0) is 20.9 Å². The molecule has 1 fully saturated rings. The molecule has 0 bridgehead atoms. The molecule has 0 saturated carbocycles. The molecule has 0 radical (unpaired) electrons. The Hall–Kier alpha value is -2.57. The number of carboxylic acid groups (broad SMARTS) is 1. The Balaban J connectivity index is 1.91. The summed E-state index contributed by atoms with van der Waals surface area (Å²) < 4.78 is 5.06. The molecule has 1 aliphatic heterocycles. The minimum Gasteiger partial charge on any atom is -0.480 e. The van der Waals surface area contributed by atoms with E-state index in [1.165, 1.54) is 0 Å². The molecular weight excluding hydrogens is 264 g/mol. The molecule has 20 heavy (non-hydrogen) atoms. The van der Waals surface area contributed by atoms with Gasteiger partial charge in [0.15, 0.2) is 0 Å². The van der Waals surface area contributed by atoms with Crippen molar-refractivity contribution in [3.63, 3.8) is 0 Å². The number of nitrogens with one attached hydrogen (secondary N) is 1. The van der Waals surface area contributed by atoms with Gasteiger partial charge < -0.3 is 15.2 Å². The smallest absolute Gasteiger partial charge is 0.410 e. The predicted octanol–water partition coefficient (Wildman–Crippen LogP) is 0.208. The minimum atomic E-state index is -1.18. The van der Waals surface area contributed by atoms with Crippen LogP contribution >= 0.6 is 0 Å². The number of hydrogen-bond acceptors (Lipinski definition) is 4. The Labute approximate surface area is 115 Å². The van der Waals surface area contributed by atoms with Crippen molar-refractivity contribution in [3.8, 4) is 0 Å². The highest BCUT2D eigenvalue weighted by Gasteiger charge is 2.32. The number of hydrogen-bond donors (Lipinski definition) is 2. The van der Waals surface area contributed by atoms with Gasteiger partial charge in [0.25, 0.3) is 0 Å². The summed E-state index contributed by atoms with van der Waals surface area (Å²) in [5, 5.41) is 11.2. The average molecular weight is 278 g/mol. The molecule has 1 saturated heterocycles. The third-order valence-electron chi connectivity index (χ3n) is 2.83. The predicted molar refractivity (Wildman–Crippen MR) is 67.8 cm³/mol. The minimum absolute atomic E-state index is 0.0789. The van der Waals surface area contributed by atoms with Crippen LogP contribution in [0, 0.1) is 0 Å². The SMILES string of the molecule is O=C1CN(C(=O)OCc2ccccc2)C[C@@H](C(=O)O)N1. The largest absolute Gasteiger partial charge is 0.480 e. The van der Waals surface area contributed by atoms with E-state index in [0.29, 0.717) is 0 Å². The highest BCUT2D eigenvalue weighted by atomic mass is 16.6. The highest BCUT2D eigenvalue weighted by molar-refractivity contribution is 5.89. The van der Waals surface area contributed by atoms with Crippen LogP contribution in [0.3, 0.4) is 0 Å².